The van der Waals surface area contributed by atoms with Crippen molar-refractivity contribution in [2.75, 3.05) is 0 Å². The molecule has 28 heavy (non-hydrogen) atoms. The quantitative estimate of drug-likeness (QED) is 0.724. The Bertz CT molecular complexity index is 1240. The SMILES string of the molecule is N#C/C(C(=O)NC1CC1)=c1\s/c(=C/c2ccco2)c(=O)n1-c1ccc(F)cc1. The maximum absolute atomic E-state index is 13.3. The molecule has 140 valence electrons. The summed E-state index contributed by atoms with van der Waals surface area (Å²) in [5, 5.41) is 12.4. The van der Waals surface area contributed by atoms with Crippen LogP contribution in [0.1, 0.15) is 18.6 Å². The summed E-state index contributed by atoms with van der Waals surface area (Å²) in [4.78, 5) is 25.6. The van der Waals surface area contributed by atoms with E-state index in [1.54, 1.807) is 18.2 Å². The highest BCUT2D eigenvalue weighted by molar-refractivity contribution is 7.07. The van der Waals surface area contributed by atoms with E-state index in [0.717, 1.165) is 24.2 Å². The molecule has 8 heteroatoms. The summed E-state index contributed by atoms with van der Waals surface area (Å²) in [6.45, 7) is 0. The van der Waals surface area contributed by atoms with E-state index < -0.39 is 17.3 Å². The molecule has 0 saturated heterocycles. The molecule has 1 saturated carbocycles. The van der Waals surface area contributed by atoms with Crippen molar-refractivity contribution in [2.24, 2.45) is 0 Å². The number of nitriles is 1. The lowest BCUT2D eigenvalue weighted by Gasteiger charge is -2.04. The first-order valence-electron chi connectivity index (χ1n) is 8.55. The third-order valence-electron chi connectivity index (χ3n) is 4.19. The lowest BCUT2D eigenvalue weighted by Crippen LogP contribution is -2.34. The molecule has 1 aliphatic carbocycles. The van der Waals surface area contributed by atoms with Crippen molar-refractivity contribution in [3.05, 3.63) is 73.8 Å². The molecule has 2 heterocycles. The van der Waals surface area contributed by atoms with Crippen molar-refractivity contribution < 1.29 is 13.6 Å². The zero-order chi connectivity index (χ0) is 19.7. The minimum atomic E-state index is -0.522. The van der Waals surface area contributed by atoms with Crippen LogP contribution in [0.4, 0.5) is 4.39 Å². The van der Waals surface area contributed by atoms with Crippen molar-refractivity contribution in [1.29, 1.82) is 5.26 Å². The van der Waals surface area contributed by atoms with Crippen LogP contribution in [0.3, 0.4) is 0 Å². The topological polar surface area (TPSA) is 88.0 Å². The van der Waals surface area contributed by atoms with Crippen molar-refractivity contribution >= 4 is 28.9 Å². The number of halogens is 1. The Hall–Kier alpha value is -3.44. The van der Waals surface area contributed by atoms with Gasteiger partial charge in [-0.1, -0.05) is 0 Å². The molecule has 0 aliphatic heterocycles. The van der Waals surface area contributed by atoms with Crippen molar-refractivity contribution in [2.45, 2.75) is 18.9 Å². The van der Waals surface area contributed by atoms with E-state index in [4.69, 9.17) is 4.42 Å². The zero-order valence-electron chi connectivity index (χ0n) is 14.5. The Morgan fingerprint density at radius 2 is 2.07 bits per heavy atom. The number of hydrogen-bond acceptors (Lipinski definition) is 5. The van der Waals surface area contributed by atoms with Crippen LogP contribution >= 0.6 is 11.3 Å². The number of carbonyl (C=O) groups excluding carboxylic acids is 1. The number of nitrogens with zero attached hydrogens (tertiary/aromatic N) is 2. The molecular weight excluding hydrogens is 381 g/mol. The van der Waals surface area contributed by atoms with Crippen molar-refractivity contribution in [3.63, 3.8) is 0 Å². The van der Waals surface area contributed by atoms with Crippen LogP contribution < -0.4 is 20.1 Å². The number of amides is 1. The van der Waals surface area contributed by atoms with Crippen LogP contribution in [0, 0.1) is 17.1 Å². The van der Waals surface area contributed by atoms with Gasteiger partial charge in [-0.05, 0) is 49.2 Å². The van der Waals surface area contributed by atoms with E-state index >= 15 is 0 Å². The number of aromatic nitrogens is 1. The molecule has 0 bridgehead atoms. The van der Waals surface area contributed by atoms with E-state index in [1.165, 1.54) is 35.1 Å². The molecule has 1 amide bonds. The second kappa shape index (κ2) is 7.29. The Balaban J connectivity index is 1.99. The second-order valence-corrected chi connectivity index (χ2v) is 7.31. The molecule has 1 aliphatic rings. The largest absolute Gasteiger partial charge is 0.465 e. The van der Waals surface area contributed by atoms with Gasteiger partial charge in [0.25, 0.3) is 11.5 Å². The highest BCUT2D eigenvalue weighted by Gasteiger charge is 2.26. The maximum atomic E-state index is 13.3. The number of benzene rings is 1. The van der Waals surface area contributed by atoms with Gasteiger partial charge in [-0.3, -0.25) is 14.2 Å². The van der Waals surface area contributed by atoms with Crippen LogP contribution in [-0.2, 0) is 4.79 Å². The highest BCUT2D eigenvalue weighted by Crippen LogP contribution is 2.19. The third-order valence-corrected chi connectivity index (χ3v) is 5.28. The van der Waals surface area contributed by atoms with Crippen LogP contribution in [-0.4, -0.2) is 16.5 Å². The van der Waals surface area contributed by atoms with Gasteiger partial charge in [0.05, 0.1) is 16.5 Å². The van der Waals surface area contributed by atoms with E-state index in [9.17, 15) is 19.2 Å². The van der Waals surface area contributed by atoms with Gasteiger partial charge in [0, 0.05) is 12.1 Å². The highest BCUT2D eigenvalue weighted by atomic mass is 32.1. The Morgan fingerprint density at radius 3 is 2.68 bits per heavy atom. The lowest BCUT2D eigenvalue weighted by molar-refractivity contribution is -0.115. The molecule has 3 aromatic rings. The summed E-state index contributed by atoms with van der Waals surface area (Å²) in [5.74, 6) is -0.504. The monoisotopic (exact) mass is 395 g/mol. The minimum absolute atomic E-state index is 0.0657. The predicted molar refractivity (Wildman–Crippen MR) is 102 cm³/mol. The van der Waals surface area contributed by atoms with Crippen molar-refractivity contribution in [1.82, 2.24) is 9.88 Å². The summed E-state index contributed by atoms with van der Waals surface area (Å²) in [7, 11) is 0. The average molecular weight is 395 g/mol. The summed E-state index contributed by atoms with van der Waals surface area (Å²) in [6.07, 6.45) is 4.77. The fourth-order valence-corrected chi connectivity index (χ4v) is 3.74. The van der Waals surface area contributed by atoms with Crippen LogP contribution in [0.5, 0.6) is 0 Å². The number of furan rings is 1. The van der Waals surface area contributed by atoms with Gasteiger partial charge in [-0.2, -0.15) is 5.26 Å². The van der Waals surface area contributed by atoms with Crippen molar-refractivity contribution in [3.8, 4) is 11.8 Å². The van der Waals surface area contributed by atoms with E-state index in [0.29, 0.717) is 16.0 Å². The zero-order valence-corrected chi connectivity index (χ0v) is 15.3. The maximum Gasteiger partial charge on any atom is 0.273 e. The fraction of sp³-hybridized carbons (Fsp3) is 0.150. The first kappa shape index (κ1) is 17.9. The molecule has 0 atom stereocenters. The van der Waals surface area contributed by atoms with Gasteiger partial charge in [-0.15, -0.1) is 11.3 Å². The van der Waals surface area contributed by atoms with E-state index in [-0.39, 0.29) is 16.3 Å². The standard InChI is InChI=1S/C20H14FN3O3S/c21-12-3-7-14(8-4-12)24-19(26)17(10-15-2-1-9-27-15)28-20(24)16(11-22)18(25)23-13-5-6-13/h1-4,7-10,13H,5-6H2,(H,23,25)/b17-10+,20-16+. The molecule has 6 nitrogen and oxygen atoms in total. The predicted octanol–water partition coefficient (Wildman–Crippen LogP) is 1.41. The molecule has 1 N–H and O–H groups in total. The Labute approximate surface area is 162 Å². The Kier molecular flexibility index (Phi) is 4.67. The van der Waals surface area contributed by atoms with Gasteiger partial charge in [-0.25, -0.2) is 4.39 Å². The smallest absolute Gasteiger partial charge is 0.273 e. The molecule has 1 fully saturated rings. The minimum Gasteiger partial charge on any atom is -0.465 e. The summed E-state index contributed by atoms with van der Waals surface area (Å²) in [6, 6.07) is 10.7. The van der Waals surface area contributed by atoms with E-state index in [1.807, 2.05) is 6.07 Å². The third kappa shape index (κ3) is 3.52. The van der Waals surface area contributed by atoms with E-state index in [2.05, 4.69) is 5.32 Å². The molecule has 2 aromatic heterocycles. The number of hydrogen-bond donors (Lipinski definition) is 1. The normalized spacial score (nSPS) is 15.2. The van der Waals surface area contributed by atoms with Crippen LogP contribution in [0.25, 0.3) is 17.3 Å². The molecule has 0 spiro atoms. The summed E-state index contributed by atoms with van der Waals surface area (Å²) < 4.78 is 20.3. The lowest BCUT2D eigenvalue weighted by atomic mass is 10.2. The first-order chi connectivity index (χ1) is 13.6. The summed E-state index contributed by atoms with van der Waals surface area (Å²) in [5.41, 5.74) is -0.212. The summed E-state index contributed by atoms with van der Waals surface area (Å²) >= 11 is 1.01. The van der Waals surface area contributed by atoms with Crippen LogP contribution in [0.15, 0.2) is 51.9 Å². The molecular formula is C20H14FN3O3S. The molecule has 4 rings (SSSR count). The van der Waals surface area contributed by atoms with Gasteiger partial charge < -0.3 is 9.73 Å². The van der Waals surface area contributed by atoms with Gasteiger partial charge >= 0.3 is 0 Å². The average Bonchev–Trinajstić information content (AvgIpc) is 3.23. The second-order valence-electron chi connectivity index (χ2n) is 6.28. The molecule has 1 aromatic carbocycles. The fourth-order valence-electron chi connectivity index (χ4n) is 2.66. The van der Waals surface area contributed by atoms with Gasteiger partial charge in [0.2, 0.25) is 0 Å². The molecule has 0 unspecified atom stereocenters. The van der Waals surface area contributed by atoms with Gasteiger partial charge in [0.1, 0.15) is 22.3 Å². The first-order valence-corrected chi connectivity index (χ1v) is 9.37. The molecule has 0 radical (unpaired) electrons. The number of rotatable bonds is 4. The number of nitrogens with one attached hydrogen (secondary N) is 1. The number of thiazole rings is 1. The van der Waals surface area contributed by atoms with Gasteiger partial charge in [0.15, 0.2) is 5.57 Å². The number of carbonyl (C=O) groups is 1. The Morgan fingerprint density at radius 1 is 1.32 bits per heavy atom. The van der Waals surface area contributed by atoms with Crippen LogP contribution in [0.2, 0.25) is 0 Å².